The second-order valence-corrected chi connectivity index (χ2v) is 6.46. The molecule has 1 amide bonds. The first kappa shape index (κ1) is 18.2. The molecule has 0 unspecified atom stereocenters. The Balaban J connectivity index is 1.62. The molecule has 138 valence electrons. The maximum atomic E-state index is 12.5. The molecule has 3 rings (SSSR count). The average molecular weight is 355 g/mol. The first-order chi connectivity index (χ1) is 12.6. The van der Waals surface area contributed by atoms with Crippen molar-refractivity contribution in [2.45, 2.75) is 19.5 Å². The summed E-state index contributed by atoms with van der Waals surface area (Å²) in [5.74, 6) is 0.0255. The molecule has 6 nitrogen and oxygen atoms in total. The lowest BCUT2D eigenvalue weighted by Gasteiger charge is -2.31. The van der Waals surface area contributed by atoms with E-state index in [1.54, 1.807) is 27.8 Å². The highest BCUT2D eigenvalue weighted by atomic mass is 16.5. The van der Waals surface area contributed by atoms with Crippen LogP contribution in [0.15, 0.2) is 53.5 Å². The summed E-state index contributed by atoms with van der Waals surface area (Å²) in [4.78, 5) is 28.3. The number of anilines is 1. The molecule has 0 aliphatic carbocycles. The van der Waals surface area contributed by atoms with Gasteiger partial charge >= 0.3 is 0 Å². The molecular formula is C20H25N3O3. The first-order valence-corrected chi connectivity index (χ1v) is 8.95. The van der Waals surface area contributed by atoms with E-state index in [0.717, 1.165) is 37.6 Å². The number of nitrogens with zero attached hydrogens (tertiary/aromatic N) is 3. The van der Waals surface area contributed by atoms with Crippen molar-refractivity contribution in [3.63, 3.8) is 0 Å². The minimum atomic E-state index is -0.0828. The summed E-state index contributed by atoms with van der Waals surface area (Å²) in [7, 11) is 1.81. The summed E-state index contributed by atoms with van der Waals surface area (Å²) < 4.78 is 6.99. The second kappa shape index (κ2) is 8.67. The number of hydrogen-bond acceptors (Lipinski definition) is 4. The Morgan fingerprint density at radius 3 is 2.62 bits per heavy atom. The number of aryl methyl sites for hydroxylation is 1. The van der Waals surface area contributed by atoms with Crippen LogP contribution in [-0.4, -0.2) is 48.7 Å². The third-order valence-corrected chi connectivity index (χ3v) is 4.64. The Morgan fingerprint density at radius 2 is 1.85 bits per heavy atom. The third-order valence-electron chi connectivity index (χ3n) is 4.64. The summed E-state index contributed by atoms with van der Waals surface area (Å²) in [6.07, 6.45) is 2.02. The Kier molecular flexibility index (Phi) is 6.07. The molecule has 0 atom stereocenters. The minimum Gasteiger partial charge on any atom is -0.378 e. The van der Waals surface area contributed by atoms with Crippen molar-refractivity contribution >= 4 is 11.6 Å². The van der Waals surface area contributed by atoms with E-state index in [9.17, 15) is 9.59 Å². The molecule has 1 aromatic heterocycles. The highest BCUT2D eigenvalue weighted by molar-refractivity contribution is 5.76. The zero-order valence-electron chi connectivity index (χ0n) is 15.1. The van der Waals surface area contributed by atoms with Gasteiger partial charge in [0.2, 0.25) is 5.91 Å². The second-order valence-electron chi connectivity index (χ2n) is 6.46. The highest BCUT2D eigenvalue weighted by Gasteiger charge is 2.17. The number of hydrogen-bond donors (Lipinski definition) is 0. The number of para-hydroxylation sites is 1. The van der Waals surface area contributed by atoms with Gasteiger partial charge in [-0.15, -0.1) is 0 Å². The van der Waals surface area contributed by atoms with Gasteiger partial charge in [0.05, 0.1) is 13.2 Å². The number of aromatic nitrogens is 1. The van der Waals surface area contributed by atoms with Crippen LogP contribution in [0.1, 0.15) is 12.0 Å². The van der Waals surface area contributed by atoms with E-state index in [1.807, 2.05) is 19.2 Å². The molecule has 0 spiro atoms. The molecule has 0 N–H and O–H groups in total. The SMILES string of the molecule is CN(Cc1ccccc1N1CCOCC1)C(=O)CCn1ccccc1=O. The van der Waals surface area contributed by atoms with Crippen LogP contribution in [0.5, 0.6) is 0 Å². The smallest absolute Gasteiger partial charge is 0.250 e. The van der Waals surface area contributed by atoms with Crippen molar-refractivity contribution in [1.82, 2.24) is 9.47 Å². The number of carbonyl (C=O) groups is 1. The molecule has 6 heteroatoms. The van der Waals surface area contributed by atoms with Crippen LogP contribution >= 0.6 is 0 Å². The lowest BCUT2D eigenvalue weighted by Crippen LogP contribution is -2.37. The van der Waals surface area contributed by atoms with Crippen molar-refractivity contribution in [3.8, 4) is 0 Å². The minimum absolute atomic E-state index is 0.0255. The van der Waals surface area contributed by atoms with E-state index in [0.29, 0.717) is 19.5 Å². The molecule has 26 heavy (non-hydrogen) atoms. The van der Waals surface area contributed by atoms with E-state index in [2.05, 4.69) is 17.0 Å². The molecule has 0 radical (unpaired) electrons. The van der Waals surface area contributed by atoms with E-state index in [4.69, 9.17) is 4.74 Å². The number of pyridine rings is 1. The highest BCUT2D eigenvalue weighted by Crippen LogP contribution is 2.22. The molecule has 2 heterocycles. The summed E-state index contributed by atoms with van der Waals surface area (Å²) in [5.41, 5.74) is 2.21. The van der Waals surface area contributed by atoms with Crippen LogP contribution in [0.2, 0.25) is 0 Å². The van der Waals surface area contributed by atoms with Gasteiger partial charge in [-0.25, -0.2) is 0 Å². The predicted octanol–water partition coefficient (Wildman–Crippen LogP) is 1.73. The topological polar surface area (TPSA) is 54.8 Å². The average Bonchev–Trinajstić information content (AvgIpc) is 2.68. The van der Waals surface area contributed by atoms with Gasteiger partial charge in [-0.1, -0.05) is 24.3 Å². The number of benzene rings is 1. The lowest BCUT2D eigenvalue weighted by atomic mass is 10.1. The normalized spacial score (nSPS) is 14.3. The Hall–Kier alpha value is -2.60. The number of amides is 1. The van der Waals surface area contributed by atoms with E-state index in [1.165, 1.54) is 6.07 Å². The molecule has 1 aromatic carbocycles. The van der Waals surface area contributed by atoms with Gasteiger partial charge in [0.1, 0.15) is 0 Å². The van der Waals surface area contributed by atoms with Gasteiger partial charge in [0.15, 0.2) is 0 Å². The van der Waals surface area contributed by atoms with Gasteiger partial charge in [0, 0.05) is 57.6 Å². The molecule has 0 saturated carbocycles. The van der Waals surface area contributed by atoms with Crippen LogP contribution in [0, 0.1) is 0 Å². The molecule has 1 aliphatic heterocycles. The first-order valence-electron chi connectivity index (χ1n) is 8.95. The molecule has 1 saturated heterocycles. The number of carbonyl (C=O) groups excluding carboxylic acids is 1. The molecule has 1 fully saturated rings. The monoisotopic (exact) mass is 355 g/mol. The standard InChI is InChI=1S/C20H25N3O3/c1-21(19(24)9-11-23-10-5-4-8-20(23)25)16-17-6-2-3-7-18(17)22-12-14-26-15-13-22/h2-8,10H,9,11-16H2,1H3. The quantitative estimate of drug-likeness (QED) is 0.792. The van der Waals surface area contributed by atoms with E-state index in [-0.39, 0.29) is 11.5 Å². The molecular weight excluding hydrogens is 330 g/mol. The summed E-state index contributed by atoms with van der Waals surface area (Å²) in [6, 6.07) is 13.2. The fourth-order valence-corrected chi connectivity index (χ4v) is 3.15. The molecule has 0 bridgehead atoms. The van der Waals surface area contributed by atoms with Gasteiger partial charge in [-0.05, 0) is 17.7 Å². The van der Waals surface area contributed by atoms with Gasteiger partial charge in [-0.2, -0.15) is 0 Å². The molecule has 2 aromatic rings. The van der Waals surface area contributed by atoms with Crippen molar-refractivity contribution in [3.05, 3.63) is 64.6 Å². The molecule has 1 aliphatic rings. The number of morpholine rings is 1. The van der Waals surface area contributed by atoms with Crippen LogP contribution < -0.4 is 10.5 Å². The van der Waals surface area contributed by atoms with Crippen LogP contribution in [0.25, 0.3) is 0 Å². The van der Waals surface area contributed by atoms with Crippen LogP contribution in [-0.2, 0) is 22.6 Å². The predicted molar refractivity (Wildman–Crippen MR) is 101 cm³/mol. The number of ether oxygens (including phenoxy) is 1. The zero-order chi connectivity index (χ0) is 18.4. The zero-order valence-corrected chi connectivity index (χ0v) is 15.1. The maximum Gasteiger partial charge on any atom is 0.250 e. The summed E-state index contributed by atoms with van der Waals surface area (Å²) in [6.45, 7) is 4.14. The summed E-state index contributed by atoms with van der Waals surface area (Å²) in [5, 5.41) is 0. The van der Waals surface area contributed by atoms with E-state index >= 15 is 0 Å². The Bertz CT molecular complexity index is 797. The maximum absolute atomic E-state index is 12.5. The van der Waals surface area contributed by atoms with Gasteiger partial charge in [-0.3, -0.25) is 9.59 Å². The van der Waals surface area contributed by atoms with Gasteiger partial charge < -0.3 is 19.1 Å². The fraction of sp³-hybridized carbons (Fsp3) is 0.400. The van der Waals surface area contributed by atoms with Crippen molar-refractivity contribution in [2.75, 3.05) is 38.3 Å². The summed E-state index contributed by atoms with van der Waals surface area (Å²) >= 11 is 0. The van der Waals surface area contributed by atoms with Crippen molar-refractivity contribution in [2.24, 2.45) is 0 Å². The van der Waals surface area contributed by atoms with E-state index < -0.39 is 0 Å². The third kappa shape index (κ3) is 4.52. The lowest BCUT2D eigenvalue weighted by molar-refractivity contribution is -0.130. The van der Waals surface area contributed by atoms with Crippen LogP contribution in [0.4, 0.5) is 5.69 Å². The fourth-order valence-electron chi connectivity index (χ4n) is 3.15. The number of rotatable bonds is 6. The van der Waals surface area contributed by atoms with Crippen LogP contribution in [0.3, 0.4) is 0 Å². The van der Waals surface area contributed by atoms with Crippen molar-refractivity contribution < 1.29 is 9.53 Å². The largest absolute Gasteiger partial charge is 0.378 e. The Morgan fingerprint density at radius 1 is 1.12 bits per heavy atom. The van der Waals surface area contributed by atoms with Gasteiger partial charge in [0.25, 0.3) is 5.56 Å². The Labute approximate surface area is 153 Å². The van der Waals surface area contributed by atoms with Crippen molar-refractivity contribution in [1.29, 1.82) is 0 Å².